The lowest BCUT2D eigenvalue weighted by molar-refractivity contribution is 0.253. The van der Waals surface area contributed by atoms with Gasteiger partial charge in [0.2, 0.25) is 5.95 Å². The van der Waals surface area contributed by atoms with Crippen LogP contribution in [0.1, 0.15) is 0 Å². The van der Waals surface area contributed by atoms with E-state index in [1.807, 2.05) is 63.7 Å². The van der Waals surface area contributed by atoms with Crippen LogP contribution in [0.15, 0.2) is 61.4 Å². The first-order valence-electron chi connectivity index (χ1n) is 12.2. The van der Waals surface area contributed by atoms with Gasteiger partial charge in [-0.1, -0.05) is 6.58 Å². The molecule has 4 rings (SSSR count). The molecule has 0 aliphatic heterocycles. The summed E-state index contributed by atoms with van der Waals surface area (Å²) in [5.41, 5.74) is 4.91. The van der Waals surface area contributed by atoms with Crippen molar-refractivity contribution in [2.75, 3.05) is 64.0 Å². The van der Waals surface area contributed by atoms with E-state index in [-0.39, 0.29) is 0 Å². The molecule has 0 amide bonds. The van der Waals surface area contributed by atoms with E-state index in [1.165, 1.54) is 6.08 Å². The average Bonchev–Trinajstić information content (AvgIpc) is 3.35. The second-order valence-electron chi connectivity index (χ2n) is 9.12. The number of aliphatic hydroxyl groups excluding tert-OH is 1. The molecule has 0 radical (unpaired) electrons. The zero-order valence-corrected chi connectivity index (χ0v) is 22.4. The largest absolute Gasteiger partial charge is 0.497 e. The van der Waals surface area contributed by atoms with E-state index in [4.69, 9.17) is 14.5 Å². The van der Waals surface area contributed by atoms with Gasteiger partial charge in [-0.05, 0) is 44.4 Å². The van der Waals surface area contributed by atoms with Crippen LogP contribution in [0.25, 0.3) is 22.2 Å². The maximum Gasteiger partial charge on any atom is 0.227 e. The van der Waals surface area contributed by atoms with Crippen molar-refractivity contribution in [3.63, 3.8) is 0 Å². The number of rotatable bonds is 12. The summed E-state index contributed by atoms with van der Waals surface area (Å²) < 4.78 is 11.1. The lowest BCUT2D eigenvalue weighted by Gasteiger charge is -2.27. The van der Waals surface area contributed by atoms with Crippen molar-refractivity contribution in [3.05, 3.63) is 61.4 Å². The van der Waals surface area contributed by atoms with Crippen LogP contribution < -0.4 is 25.0 Å². The number of aromatic amines is 1. The summed E-state index contributed by atoms with van der Waals surface area (Å²) in [6, 6.07) is 11.5. The normalized spacial score (nSPS) is 11.9. The van der Waals surface area contributed by atoms with Gasteiger partial charge < -0.3 is 40.0 Å². The molecule has 2 heterocycles. The Hall–Kier alpha value is -4.28. The Kier molecular flexibility index (Phi) is 8.35. The van der Waals surface area contributed by atoms with Gasteiger partial charge in [0.25, 0.3) is 0 Å². The van der Waals surface area contributed by atoms with E-state index in [0.717, 1.165) is 46.7 Å². The lowest BCUT2D eigenvalue weighted by atomic mass is 10.1. The van der Waals surface area contributed by atoms with Crippen LogP contribution in [0.5, 0.6) is 11.5 Å². The van der Waals surface area contributed by atoms with Crippen molar-refractivity contribution in [3.8, 4) is 22.8 Å². The first-order valence-corrected chi connectivity index (χ1v) is 12.2. The number of anilines is 4. The van der Waals surface area contributed by atoms with E-state index < -0.39 is 6.23 Å². The zero-order valence-electron chi connectivity index (χ0n) is 22.4. The maximum absolute atomic E-state index is 10.3. The molecule has 4 N–H and O–H groups in total. The number of methoxy groups -OCH3 is 2. The number of likely N-dealkylation sites (N-methyl/N-ethyl adjacent to an activating group) is 2. The zero-order chi connectivity index (χ0) is 27.2. The third-order valence-corrected chi connectivity index (χ3v) is 6.21. The third kappa shape index (κ3) is 5.99. The molecule has 0 aliphatic carbocycles. The summed E-state index contributed by atoms with van der Waals surface area (Å²) >= 11 is 0. The molecule has 0 fully saturated rings. The Morgan fingerprint density at radius 3 is 2.61 bits per heavy atom. The fourth-order valence-electron chi connectivity index (χ4n) is 4.09. The van der Waals surface area contributed by atoms with Crippen LogP contribution in [-0.2, 0) is 0 Å². The van der Waals surface area contributed by atoms with Crippen LogP contribution >= 0.6 is 0 Å². The van der Waals surface area contributed by atoms with Gasteiger partial charge in [0, 0.05) is 61.1 Å². The summed E-state index contributed by atoms with van der Waals surface area (Å²) in [5.74, 6) is 1.81. The number of aromatic nitrogens is 3. The van der Waals surface area contributed by atoms with Crippen molar-refractivity contribution < 1.29 is 14.6 Å². The van der Waals surface area contributed by atoms with Crippen LogP contribution in [0.3, 0.4) is 0 Å². The molecule has 1 atom stereocenters. The van der Waals surface area contributed by atoms with Crippen molar-refractivity contribution in [1.29, 1.82) is 0 Å². The number of H-pyrrole nitrogens is 1. The highest BCUT2D eigenvalue weighted by Crippen LogP contribution is 2.38. The van der Waals surface area contributed by atoms with E-state index in [9.17, 15) is 5.11 Å². The van der Waals surface area contributed by atoms with Crippen molar-refractivity contribution >= 4 is 33.9 Å². The molecule has 38 heavy (non-hydrogen) atoms. The molecule has 4 aromatic rings. The van der Waals surface area contributed by atoms with Crippen molar-refractivity contribution in [1.82, 2.24) is 19.9 Å². The topological polar surface area (TPSA) is 111 Å². The Bertz CT molecular complexity index is 1400. The number of nitrogens with one attached hydrogen (secondary N) is 3. The van der Waals surface area contributed by atoms with E-state index in [0.29, 0.717) is 23.1 Å². The minimum Gasteiger partial charge on any atom is -0.497 e. The lowest BCUT2D eigenvalue weighted by Crippen LogP contribution is -2.29. The summed E-state index contributed by atoms with van der Waals surface area (Å²) in [4.78, 5) is 16.7. The molecule has 2 aromatic heterocycles. The number of benzene rings is 2. The van der Waals surface area contributed by atoms with Gasteiger partial charge in [-0.2, -0.15) is 0 Å². The van der Waals surface area contributed by atoms with Gasteiger partial charge in [0.05, 0.1) is 37.0 Å². The minimum absolute atomic E-state index is 0.410. The Morgan fingerprint density at radius 1 is 1.08 bits per heavy atom. The van der Waals surface area contributed by atoms with Gasteiger partial charge in [-0.15, -0.1) is 0 Å². The molecule has 10 heteroatoms. The summed E-state index contributed by atoms with van der Waals surface area (Å²) in [7, 11) is 9.33. The number of aliphatic hydroxyl groups is 1. The third-order valence-electron chi connectivity index (χ3n) is 6.21. The monoisotopic (exact) mass is 517 g/mol. The van der Waals surface area contributed by atoms with Crippen LogP contribution in [0, 0.1) is 0 Å². The first-order chi connectivity index (χ1) is 18.3. The fraction of sp³-hybridized carbons (Fsp3) is 0.286. The second kappa shape index (κ2) is 11.8. The van der Waals surface area contributed by atoms with Crippen molar-refractivity contribution in [2.24, 2.45) is 0 Å². The molecule has 0 saturated heterocycles. The molecular weight excluding hydrogens is 482 g/mol. The summed E-state index contributed by atoms with van der Waals surface area (Å²) in [5, 5.41) is 17.7. The Labute approximate surface area is 222 Å². The second-order valence-corrected chi connectivity index (χ2v) is 9.12. The molecule has 10 nitrogen and oxygen atoms in total. The number of hydrogen-bond donors (Lipinski definition) is 4. The molecule has 200 valence electrons. The molecule has 0 spiro atoms. The first kappa shape index (κ1) is 26.8. The maximum atomic E-state index is 10.3. The van der Waals surface area contributed by atoms with Gasteiger partial charge in [-0.25, -0.2) is 9.97 Å². The van der Waals surface area contributed by atoms with E-state index in [2.05, 4.69) is 37.0 Å². The average molecular weight is 518 g/mol. The van der Waals surface area contributed by atoms with E-state index in [1.54, 1.807) is 20.4 Å². The number of nitrogens with zero attached hydrogens (tertiary/aromatic N) is 4. The molecule has 0 aliphatic rings. The standard InChI is InChI=1S/C28H35N7O3/c1-7-27(36)31-23-15-24(26(38-6)16-25(23)35(4)13-12-34(2)3)33-28-29-11-10-21(32-28)20-17-30-22-14-18(37-5)8-9-19(20)22/h7-11,14-17,27,30-31,36H,1,12-13H2,2-6H3,(H,29,32,33). The molecule has 0 bridgehead atoms. The van der Waals surface area contributed by atoms with Gasteiger partial charge in [-0.3, -0.25) is 0 Å². The highest BCUT2D eigenvalue weighted by molar-refractivity contribution is 5.95. The highest BCUT2D eigenvalue weighted by atomic mass is 16.5. The molecule has 1 unspecified atom stereocenters. The number of ether oxygens (including phenoxy) is 2. The smallest absolute Gasteiger partial charge is 0.227 e. The molecule has 2 aromatic carbocycles. The molecular formula is C28H35N7O3. The predicted octanol–water partition coefficient (Wildman–Crippen LogP) is 4.30. The van der Waals surface area contributed by atoms with Gasteiger partial charge in [0.1, 0.15) is 17.7 Å². The van der Waals surface area contributed by atoms with Gasteiger partial charge in [0.15, 0.2) is 0 Å². The fourth-order valence-corrected chi connectivity index (χ4v) is 4.09. The SMILES string of the molecule is C=CC(O)Nc1cc(Nc2nccc(-c3c[nH]c4cc(OC)ccc34)n2)c(OC)cc1N(C)CCN(C)C. The quantitative estimate of drug-likeness (QED) is 0.161. The Morgan fingerprint density at radius 2 is 1.89 bits per heavy atom. The summed E-state index contributed by atoms with van der Waals surface area (Å²) in [6.07, 6.45) is 4.15. The number of hydrogen-bond acceptors (Lipinski definition) is 9. The highest BCUT2D eigenvalue weighted by Gasteiger charge is 2.17. The minimum atomic E-state index is -0.919. The number of fused-ring (bicyclic) bond motifs is 1. The Balaban J connectivity index is 1.68. The summed E-state index contributed by atoms with van der Waals surface area (Å²) in [6.45, 7) is 5.32. The predicted molar refractivity (Wildman–Crippen MR) is 154 cm³/mol. The van der Waals surface area contributed by atoms with Crippen LogP contribution in [0.4, 0.5) is 23.0 Å². The van der Waals surface area contributed by atoms with Crippen LogP contribution in [0.2, 0.25) is 0 Å². The van der Waals surface area contributed by atoms with E-state index >= 15 is 0 Å². The van der Waals surface area contributed by atoms with Crippen molar-refractivity contribution in [2.45, 2.75) is 6.23 Å². The molecule has 0 saturated carbocycles. The van der Waals surface area contributed by atoms with Gasteiger partial charge >= 0.3 is 0 Å². The van der Waals surface area contributed by atoms with Crippen LogP contribution in [-0.4, -0.2) is 79.6 Å².